The van der Waals surface area contributed by atoms with Crippen LogP contribution in [0.5, 0.6) is 5.75 Å². The quantitative estimate of drug-likeness (QED) is 0.856. The molecule has 104 valence electrons. The fraction of sp³-hybridized carbons (Fsp3) is 0.462. The highest BCUT2D eigenvalue weighted by Crippen LogP contribution is 2.28. The van der Waals surface area contributed by atoms with E-state index in [0.717, 1.165) is 12.0 Å². The number of rotatable bonds is 5. The van der Waals surface area contributed by atoms with E-state index in [4.69, 9.17) is 31.9 Å². The molecule has 3 N–H and O–H groups in total. The van der Waals surface area contributed by atoms with Crippen LogP contribution in [0, 0.1) is 0 Å². The second-order valence-electron chi connectivity index (χ2n) is 4.52. The van der Waals surface area contributed by atoms with Crippen LogP contribution >= 0.6 is 11.6 Å². The summed E-state index contributed by atoms with van der Waals surface area (Å²) in [5, 5.41) is 9.22. The molecule has 2 rings (SSSR count). The fourth-order valence-electron chi connectivity index (χ4n) is 1.89. The number of hydrogen-bond acceptors (Lipinski definition) is 4. The first-order valence-electron chi connectivity index (χ1n) is 6.07. The zero-order valence-electron chi connectivity index (χ0n) is 10.3. The topological polar surface area (TPSA) is 81.8 Å². The third-order valence-corrected chi connectivity index (χ3v) is 3.25. The molecule has 0 aliphatic carbocycles. The average molecular weight is 286 g/mol. The van der Waals surface area contributed by atoms with Gasteiger partial charge >= 0.3 is 5.97 Å². The molecule has 1 aliphatic rings. The standard InChI is InChI=1S/C13H16ClNO4/c14-10-5-8(6-11(15)13(16)17)1-2-12(10)19-9-3-4-18-7-9/h1-2,5,9,11H,3-4,6-7,15H2,(H,16,17). The van der Waals surface area contributed by atoms with Crippen LogP contribution in [0.25, 0.3) is 0 Å². The van der Waals surface area contributed by atoms with Gasteiger partial charge < -0.3 is 20.3 Å². The zero-order valence-corrected chi connectivity index (χ0v) is 11.1. The Morgan fingerprint density at radius 3 is 3.00 bits per heavy atom. The Labute approximate surface area is 116 Å². The van der Waals surface area contributed by atoms with Gasteiger partial charge in [-0.3, -0.25) is 4.79 Å². The highest BCUT2D eigenvalue weighted by atomic mass is 35.5. The Bertz CT molecular complexity index is 460. The molecule has 1 saturated heterocycles. The van der Waals surface area contributed by atoms with Gasteiger partial charge in [-0.15, -0.1) is 0 Å². The number of carboxylic acids is 1. The van der Waals surface area contributed by atoms with Crippen LogP contribution in [-0.4, -0.2) is 36.4 Å². The van der Waals surface area contributed by atoms with Crippen LogP contribution in [0.1, 0.15) is 12.0 Å². The third kappa shape index (κ3) is 3.83. The molecule has 1 fully saturated rings. The van der Waals surface area contributed by atoms with Crippen molar-refractivity contribution in [3.63, 3.8) is 0 Å². The van der Waals surface area contributed by atoms with Crippen LogP contribution < -0.4 is 10.5 Å². The maximum atomic E-state index is 10.7. The average Bonchev–Trinajstić information content (AvgIpc) is 2.85. The number of nitrogens with two attached hydrogens (primary N) is 1. The molecule has 1 aliphatic heterocycles. The molecule has 0 spiro atoms. The summed E-state index contributed by atoms with van der Waals surface area (Å²) < 4.78 is 10.9. The number of aliphatic carboxylic acids is 1. The minimum absolute atomic E-state index is 0.0321. The lowest BCUT2D eigenvalue weighted by Gasteiger charge is -2.14. The molecule has 19 heavy (non-hydrogen) atoms. The van der Waals surface area contributed by atoms with Crippen LogP contribution in [0.3, 0.4) is 0 Å². The number of benzene rings is 1. The summed E-state index contributed by atoms with van der Waals surface area (Å²) in [6.45, 7) is 1.27. The summed E-state index contributed by atoms with van der Waals surface area (Å²) in [6.07, 6.45) is 1.12. The second kappa shape index (κ2) is 6.23. The van der Waals surface area contributed by atoms with Crippen molar-refractivity contribution >= 4 is 17.6 Å². The van der Waals surface area contributed by atoms with Gasteiger partial charge in [0, 0.05) is 6.42 Å². The van der Waals surface area contributed by atoms with Crippen molar-refractivity contribution in [2.24, 2.45) is 5.73 Å². The molecular formula is C13H16ClNO4. The minimum atomic E-state index is -1.03. The second-order valence-corrected chi connectivity index (χ2v) is 4.92. The highest BCUT2D eigenvalue weighted by molar-refractivity contribution is 6.32. The molecule has 2 unspecified atom stereocenters. The number of carboxylic acid groups (broad SMARTS) is 1. The number of hydrogen-bond donors (Lipinski definition) is 2. The van der Waals surface area contributed by atoms with E-state index in [9.17, 15) is 4.79 Å². The van der Waals surface area contributed by atoms with E-state index >= 15 is 0 Å². The number of halogens is 1. The lowest BCUT2D eigenvalue weighted by atomic mass is 10.1. The zero-order chi connectivity index (χ0) is 13.8. The largest absolute Gasteiger partial charge is 0.486 e. The van der Waals surface area contributed by atoms with Crippen molar-refractivity contribution < 1.29 is 19.4 Å². The Morgan fingerprint density at radius 1 is 1.63 bits per heavy atom. The molecular weight excluding hydrogens is 270 g/mol. The summed E-state index contributed by atoms with van der Waals surface area (Å²) in [7, 11) is 0. The minimum Gasteiger partial charge on any atom is -0.486 e. The van der Waals surface area contributed by atoms with Crippen LogP contribution in [0.4, 0.5) is 0 Å². The van der Waals surface area contributed by atoms with Gasteiger partial charge in [0.1, 0.15) is 17.9 Å². The summed E-state index contributed by atoms with van der Waals surface area (Å²) in [5.41, 5.74) is 6.25. The molecule has 2 atom stereocenters. The Hall–Kier alpha value is -1.30. The van der Waals surface area contributed by atoms with Crippen molar-refractivity contribution in [2.75, 3.05) is 13.2 Å². The molecule has 1 aromatic rings. The summed E-state index contributed by atoms with van der Waals surface area (Å²) in [5.74, 6) is -0.440. The van der Waals surface area contributed by atoms with E-state index < -0.39 is 12.0 Å². The van der Waals surface area contributed by atoms with Gasteiger partial charge in [0.05, 0.1) is 18.2 Å². The Balaban J connectivity index is 2.01. The first kappa shape index (κ1) is 14.1. The van der Waals surface area contributed by atoms with Crippen LogP contribution in [0.2, 0.25) is 5.02 Å². The third-order valence-electron chi connectivity index (χ3n) is 2.95. The SMILES string of the molecule is NC(Cc1ccc(OC2CCOC2)c(Cl)c1)C(=O)O. The van der Waals surface area contributed by atoms with Crippen molar-refractivity contribution in [2.45, 2.75) is 25.0 Å². The smallest absolute Gasteiger partial charge is 0.320 e. The Kier molecular flexibility index (Phi) is 4.63. The van der Waals surface area contributed by atoms with Crippen molar-refractivity contribution in [3.8, 4) is 5.75 Å². The van der Waals surface area contributed by atoms with Gasteiger partial charge in [0.15, 0.2) is 0 Å². The molecule has 0 saturated carbocycles. The van der Waals surface area contributed by atoms with E-state index in [1.54, 1.807) is 18.2 Å². The fourth-order valence-corrected chi connectivity index (χ4v) is 2.14. The van der Waals surface area contributed by atoms with Gasteiger partial charge in [-0.25, -0.2) is 0 Å². The number of carbonyl (C=O) groups is 1. The van der Waals surface area contributed by atoms with Crippen LogP contribution in [-0.2, 0) is 16.0 Å². The lowest BCUT2D eigenvalue weighted by Crippen LogP contribution is -2.32. The van der Waals surface area contributed by atoms with Gasteiger partial charge in [-0.05, 0) is 24.1 Å². The first-order chi connectivity index (χ1) is 9.06. The van der Waals surface area contributed by atoms with Crippen molar-refractivity contribution in [1.29, 1.82) is 0 Å². The summed E-state index contributed by atoms with van der Waals surface area (Å²) in [6, 6.07) is 4.28. The van der Waals surface area contributed by atoms with Crippen LogP contribution in [0.15, 0.2) is 18.2 Å². The molecule has 0 amide bonds. The monoisotopic (exact) mass is 285 g/mol. The van der Waals surface area contributed by atoms with E-state index in [1.807, 2.05) is 0 Å². The predicted molar refractivity (Wildman–Crippen MR) is 70.6 cm³/mol. The van der Waals surface area contributed by atoms with Crippen molar-refractivity contribution in [3.05, 3.63) is 28.8 Å². The number of ether oxygens (including phenoxy) is 2. The molecule has 5 nitrogen and oxygen atoms in total. The molecule has 6 heteroatoms. The van der Waals surface area contributed by atoms with Gasteiger partial charge in [0.25, 0.3) is 0 Å². The Morgan fingerprint density at radius 2 is 2.42 bits per heavy atom. The van der Waals surface area contributed by atoms with Gasteiger partial charge in [-0.2, -0.15) is 0 Å². The van der Waals surface area contributed by atoms with Crippen molar-refractivity contribution in [1.82, 2.24) is 0 Å². The molecule has 0 bridgehead atoms. The normalized spacial score (nSPS) is 20.2. The van der Waals surface area contributed by atoms with E-state index in [2.05, 4.69) is 0 Å². The molecule has 1 heterocycles. The van der Waals surface area contributed by atoms with Gasteiger partial charge in [0.2, 0.25) is 0 Å². The first-order valence-corrected chi connectivity index (χ1v) is 6.45. The predicted octanol–water partition coefficient (Wildman–Crippen LogP) is 1.46. The molecule has 0 radical (unpaired) electrons. The molecule has 0 aromatic heterocycles. The maximum Gasteiger partial charge on any atom is 0.320 e. The highest BCUT2D eigenvalue weighted by Gasteiger charge is 2.19. The maximum absolute atomic E-state index is 10.7. The summed E-state index contributed by atoms with van der Waals surface area (Å²) in [4.78, 5) is 10.7. The van der Waals surface area contributed by atoms with Gasteiger partial charge in [-0.1, -0.05) is 17.7 Å². The molecule has 1 aromatic carbocycles. The van der Waals surface area contributed by atoms with E-state index in [1.165, 1.54) is 0 Å². The summed E-state index contributed by atoms with van der Waals surface area (Å²) >= 11 is 6.12. The lowest BCUT2D eigenvalue weighted by molar-refractivity contribution is -0.138. The van der Waals surface area contributed by atoms with E-state index in [0.29, 0.717) is 24.0 Å². The van der Waals surface area contributed by atoms with E-state index in [-0.39, 0.29) is 12.5 Å².